The summed E-state index contributed by atoms with van der Waals surface area (Å²) in [5, 5.41) is 26.3. The number of nitrogens with one attached hydrogen (secondary N) is 1. The van der Waals surface area contributed by atoms with Crippen molar-refractivity contribution in [2.75, 3.05) is 43.1 Å². The first-order chi connectivity index (χ1) is 17.6. The molecule has 0 unspecified atom stereocenters. The van der Waals surface area contributed by atoms with E-state index in [4.69, 9.17) is 4.74 Å². The standard InChI is InChI=1S/C25H28N6O6/c1-25(2,36)3-4-30-13-15-9-19(20(10-17(15)23(30)33)29-5-7-37-8-6-29)28-22(32)18-12-27-31-14-16(24(34)35)11-26-21(18)31/h9-12,14,36H,3-8,13H2,1-2H3,(H,28,32)(H,34,35). The van der Waals surface area contributed by atoms with Gasteiger partial charge in [0, 0.05) is 44.1 Å². The Morgan fingerprint density at radius 3 is 2.65 bits per heavy atom. The third-order valence-electron chi connectivity index (χ3n) is 6.54. The molecular weight excluding hydrogens is 480 g/mol. The van der Waals surface area contributed by atoms with Crippen molar-refractivity contribution in [3.8, 4) is 0 Å². The predicted octanol–water partition coefficient (Wildman–Crippen LogP) is 1.63. The highest BCUT2D eigenvalue weighted by Crippen LogP contribution is 2.35. The number of carbonyl (C=O) groups is 3. The number of anilines is 2. The Hall–Kier alpha value is -4.03. The molecule has 3 N–H and O–H groups in total. The van der Waals surface area contributed by atoms with Crippen LogP contribution in [-0.2, 0) is 11.3 Å². The molecule has 2 amide bonds. The fraction of sp³-hybridized carbons (Fsp3) is 0.400. The van der Waals surface area contributed by atoms with Crippen LogP contribution in [0.2, 0.25) is 0 Å². The number of benzene rings is 1. The zero-order valence-corrected chi connectivity index (χ0v) is 20.6. The SMILES string of the molecule is CC(C)(O)CCN1Cc2cc(NC(=O)c3cnn4cc(C(=O)O)cnc34)c(N3CCOCC3)cc2C1=O. The molecule has 2 aromatic heterocycles. The van der Waals surface area contributed by atoms with E-state index in [-0.39, 0.29) is 22.7 Å². The van der Waals surface area contributed by atoms with Gasteiger partial charge in [-0.05, 0) is 38.0 Å². The largest absolute Gasteiger partial charge is 0.478 e. The van der Waals surface area contributed by atoms with E-state index in [0.717, 1.165) is 5.56 Å². The van der Waals surface area contributed by atoms with Crippen LogP contribution in [0.3, 0.4) is 0 Å². The number of ether oxygens (including phenoxy) is 1. The first kappa shape index (κ1) is 24.7. The van der Waals surface area contributed by atoms with Crippen LogP contribution in [0.1, 0.15) is 56.9 Å². The van der Waals surface area contributed by atoms with Crippen LogP contribution in [0.15, 0.2) is 30.7 Å². The Labute approximate surface area is 212 Å². The lowest BCUT2D eigenvalue weighted by Gasteiger charge is -2.31. The van der Waals surface area contributed by atoms with Gasteiger partial charge in [-0.3, -0.25) is 9.59 Å². The highest BCUT2D eigenvalue weighted by Gasteiger charge is 2.31. The summed E-state index contributed by atoms with van der Waals surface area (Å²) in [6.07, 6.45) is 4.26. The number of fused-ring (bicyclic) bond motifs is 2. The summed E-state index contributed by atoms with van der Waals surface area (Å²) < 4.78 is 6.73. The number of carboxylic acids is 1. The van der Waals surface area contributed by atoms with Crippen molar-refractivity contribution in [3.05, 3.63) is 53.0 Å². The molecule has 2 aliphatic rings. The highest BCUT2D eigenvalue weighted by molar-refractivity contribution is 6.10. The molecule has 0 radical (unpaired) electrons. The average Bonchev–Trinajstić information content (AvgIpc) is 3.42. The summed E-state index contributed by atoms with van der Waals surface area (Å²) in [6, 6.07) is 3.64. The molecule has 12 nitrogen and oxygen atoms in total. The molecule has 1 aromatic carbocycles. The van der Waals surface area contributed by atoms with Crippen molar-refractivity contribution in [3.63, 3.8) is 0 Å². The second-order valence-electron chi connectivity index (χ2n) is 9.84. The predicted molar refractivity (Wildman–Crippen MR) is 133 cm³/mol. The number of rotatable bonds is 7. The summed E-state index contributed by atoms with van der Waals surface area (Å²) in [7, 11) is 0. The van der Waals surface area contributed by atoms with Crippen molar-refractivity contribution in [2.45, 2.75) is 32.4 Å². The minimum absolute atomic E-state index is 0.0467. The van der Waals surface area contributed by atoms with E-state index >= 15 is 0 Å². The summed E-state index contributed by atoms with van der Waals surface area (Å²) in [4.78, 5) is 45.6. The van der Waals surface area contributed by atoms with Gasteiger partial charge in [0.05, 0.1) is 41.9 Å². The van der Waals surface area contributed by atoms with Crippen LogP contribution in [0.4, 0.5) is 11.4 Å². The van der Waals surface area contributed by atoms with Gasteiger partial charge in [0.15, 0.2) is 5.65 Å². The molecule has 5 rings (SSSR count). The second kappa shape index (κ2) is 9.45. The number of carbonyl (C=O) groups excluding carboxylic acids is 2. The van der Waals surface area contributed by atoms with E-state index in [1.165, 1.54) is 23.1 Å². The van der Waals surface area contributed by atoms with Gasteiger partial charge < -0.3 is 30.1 Å². The van der Waals surface area contributed by atoms with Crippen LogP contribution >= 0.6 is 0 Å². The molecule has 2 aliphatic heterocycles. The van der Waals surface area contributed by atoms with Crippen molar-refractivity contribution < 1.29 is 29.3 Å². The molecule has 37 heavy (non-hydrogen) atoms. The van der Waals surface area contributed by atoms with Gasteiger partial charge in [-0.1, -0.05) is 0 Å². The molecule has 12 heteroatoms. The zero-order chi connectivity index (χ0) is 26.3. The van der Waals surface area contributed by atoms with E-state index in [1.807, 2.05) is 12.1 Å². The molecule has 1 fully saturated rings. The third kappa shape index (κ3) is 4.98. The molecule has 3 aromatic rings. The topological polar surface area (TPSA) is 150 Å². The Bertz CT molecular complexity index is 1390. The second-order valence-corrected chi connectivity index (χ2v) is 9.84. The number of morpholine rings is 1. The first-order valence-corrected chi connectivity index (χ1v) is 12.0. The van der Waals surface area contributed by atoms with Gasteiger partial charge >= 0.3 is 5.97 Å². The molecule has 0 saturated carbocycles. The fourth-order valence-corrected chi connectivity index (χ4v) is 4.50. The molecule has 1 saturated heterocycles. The summed E-state index contributed by atoms with van der Waals surface area (Å²) in [5.74, 6) is -1.70. The number of carboxylic acid groups (broad SMARTS) is 1. The van der Waals surface area contributed by atoms with Crippen LogP contribution < -0.4 is 10.2 Å². The van der Waals surface area contributed by atoms with Crippen LogP contribution in [0, 0.1) is 0 Å². The van der Waals surface area contributed by atoms with Gasteiger partial charge in [0.25, 0.3) is 11.8 Å². The van der Waals surface area contributed by atoms with E-state index in [2.05, 4.69) is 20.3 Å². The van der Waals surface area contributed by atoms with Crippen LogP contribution in [0.5, 0.6) is 0 Å². The number of aromatic nitrogens is 3. The number of hydrogen-bond donors (Lipinski definition) is 3. The van der Waals surface area contributed by atoms with E-state index in [1.54, 1.807) is 18.7 Å². The number of aliphatic hydroxyl groups is 1. The summed E-state index contributed by atoms with van der Waals surface area (Å²) in [6.45, 7) is 6.49. The number of hydrogen-bond acceptors (Lipinski definition) is 8. The van der Waals surface area contributed by atoms with E-state index in [9.17, 15) is 24.6 Å². The van der Waals surface area contributed by atoms with Gasteiger partial charge in [-0.15, -0.1) is 0 Å². The third-order valence-corrected chi connectivity index (χ3v) is 6.54. The lowest BCUT2D eigenvalue weighted by atomic mass is 10.1. The van der Waals surface area contributed by atoms with Crippen molar-refractivity contribution in [1.82, 2.24) is 19.5 Å². The molecule has 0 bridgehead atoms. The average molecular weight is 509 g/mol. The Balaban J connectivity index is 1.46. The minimum Gasteiger partial charge on any atom is -0.478 e. The lowest BCUT2D eigenvalue weighted by molar-refractivity contribution is 0.0516. The van der Waals surface area contributed by atoms with E-state index in [0.29, 0.717) is 62.8 Å². The smallest absolute Gasteiger partial charge is 0.338 e. The molecule has 0 atom stereocenters. The number of amides is 2. The van der Waals surface area contributed by atoms with Gasteiger partial charge in [0.2, 0.25) is 0 Å². The first-order valence-electron chi connectivity index (χ1n) is 12.0. The quantitative estimate of drug-likeness (QED) is 0.433. The normalized spacial score (nSPS) is 15.8. The fourth-order valence-electron chi connectivity index (χ4n) is 4.50. The minimum atomic E-state index is -1.14. The van der Waals surface area contributed by atoms with Crippen LogP contribution in [-0.4, -0.2) is 85.9 Å². The molecule has 4 heterocycles. The van der Waals surface area contributed by atoms with Crippen LogP contribution in [0.25, 0.3) is 5.65 Å². The van der Waals surface area contributed by atoms with Gasteiger partial charge in [-0.25, -0.2) is 14.3 Å². The highest BCUT2D eigenvalue weighted by atomic mass is 16.5. The van der Waals surface area contributed by atoms with Gasteiger partial charge in [0.1, 0.15) is 5.56 Å². The molecule has 194 valence electrons. The Morgan fingerprint density at radius 2 is 1.95 bits per heavy atom. The zero-order valence-electron chi connectivity index (χ0n) is 20.6. The maximum Gasteiger partial charge on any atom is 0.338 e. The monoisotopic (exact) mass is 508 g/mol. The van der Waals surface area contributed by atoms with Crippen molar-refractivity contribution >= 4 is 34.8 Å². The molecule has 0 aliphatic carbocycles. The van der Waals surface area contributed by atoms with E-state index < -0.39 is 17.5 Å². The van der Waals surface area contributed by atoms with Gasteiger partial charge in [-0.2, -0.15) is 5.10 Å². The van der Waals surface area contributed by atoms with Crippen molar-refractivity contribution in [1.29, 1.82) is 0 Å². The molecule has 0 spiro atoms. The summed E-state index contributed by atoms with van der Waals surface area (Å²) in [5.41, 5.74) is 2.11. The summed E-state index contributed by atoms with van der Waals surface area (Å²) >= 11 is 0. The Kier molecular flexibility index (Phi) is 6.30. The lowest BCUT2D eigenvalue weighted by Crippen LogP contribution is -2.37. The number of aromatic carboxylic acids is 1. The maximum absolute atomic E-state index is 13.3. The number of nitrogens with zero attached hydrogens (tertiary/aromatic N) is 5. The Morgan fingerprint density at radius 1 is 1.19 bits per heavy atom. The van der Waals surface area contributed by atoms with Crippen molar-refractivity contribution in [2.24, 2.45) is 0 Å². The maximum atomic E-state index is 13.3. The molecular formula is C25H28N6O6.